The van der Waals surface area contributed by atoms with E-state index in [1.54, 1.807) is 38.0 Å². The van der Waals surface area contributed by atoms with E-state index in [9.17, 15) is 4.79 Å². The molecule has 0 aliphatic heterocycles. The van der Waals surface area contributed by atoms with Gasteiger partial charge in [-0.15, -0.1) is 0 Å². The highest BCUT2D eigenvalue weighted by Crippen LogP contribution is 2.17. The number of anilines is 1. The van der Waals surface area contributed by atoms with Gasteiger partial charge in [-0.05, 0) is 23.8 Å². The molecular weight excluding hydrogens is 328 g/mol. The van der Waals surface area contributed by atoms with Gasteiger partial charge in [0.25, 0.3) is 5.91 Å². The SMILES string of the molecule is COc1ccccc1CNC(=O)c1cncc(NCc2cccnc2)c1. The maximum atomic E-state index is 12.4. The molecule has 2 heterocycles. The molecular formula is C20H20N4O2. The monoisotopic (exact) mass is 348 g/mol. The molecule has 132 valence electrons. The summed E-state index contributed by atoms with van der Waals surface area (Å²) in [7, 11) is 1.61. The summed E-state index contributed by atoms with van der Waals surface area (Å²) in [5.74, 6) is 0.561. The zero-order valence-electron chi connectivity index (χ0n) is 14.5. The fourth-order valence-electron chi connectivity index (χ4n) is 2.49. The summed E-state index contributed by atoms with van der Waals surface area (Å²) in [5, 5.41) is 6.14. The van der Waals surface area contributed by atoms with E-state index in [4.69, 9.17) is 4.74 Å². The Morgan fingerprint density at radius 1 is 1.04 bits per heavy atom. The van der Waals surface area contributed by atoms with E-state index in [0.717, 1.165) is 22.6 Å². The quantitative estimate of drug-likeness (QED) is 0.686. The predicted molar refractivity (Wildman–Crippen MR) is 100.0 cm³/mol. The van der Waals surface area contributed by atoms with Crippen LogP contribution in [0.1, 0.15) is 21.5 Å². The lowest BCUT2D eigenvalue weighted by Gasteiger charge is -2.10. The number of amides is 1. The first-order chi connectivity index (χ1) is 12.8. The van der Waals surface area contributed by atoms with Crippen molar-refractivity contribution in [1.29, 1.82) is 0 Å². The number of carbonyl (C=O) groups is 1. The topological polar surface area (TPSA) is 76.1 Å². The van der Waals surface area contributed by atoms with E-state index in [0.29, 0.717) is 18.7 Å². The highest BCUT2D eigenvalue weighted by Gasteiger charge is 2.09. The second kappa shape index (κ2) is 8.62. The van der Waals surface area contributed by atoms with Crippen molar-refractivity contribution in [2.45, 2.75) is 13.1 Å². The Balaban J connectivity index is 1.61. The van der Waals surface area contributed by atoms with Crippen LogP contribution in [0.2, 0.25) is 0 Å². The van der Waals surface area contributed by atoms with Crippen molar-refractivity contribution in [3.05, 3.63) is 83.9 Å². The lowest BCUT2D eigenvalue weighted by atomic mass is 10.2. The summed E-state index contributed by atoms with van der Waals surface area (Å²) in [6, 6.07) is 13.2. The fourth-order valence-corrected chi connectivity index (χ4v) is 2.49. The molecule has 1 amide bonds. The summed E-state index contributed by atoms with van der Waals surface area (Å²) in [6.45, 7) is 0.998. The molecule has 0 atom stereocenters. The molecule has 0 spiro atoms. The zero-order chi connectivity index (χ0) is 18.2. The second-order valence-corrected chi connectivity index (χ2v) is 5.67. The van der Waals surface area contributed by atoms with Crippen molar-refractivity contribution in [3.63, 3.8) is 0 Å². The molecule has 3 aromatic rings. The van der Waals surface area contributed by atoms with Gasteiger partial charge in [0.05, 0.1) is 18.4 Å². The van der Waals surface area contributed by atoms with Gasteiger partial charge >= 0.3 is 0 Å². The molecule has 0 aliphatic carbocycles. The minimum Gasteiger partial charge on any atom is -0.496 e. The zero-order valence-corrected chi connectivity index (χ0v) is 14.5. The molecule has 2 N–H and O–H groups in total. The Labute approximate surface area is 152 Å². The minimum atomic E-state index is -0.187. The van der Waals surface area contributed by atoms with Gasteiger partial charge in [0.2, 0.25) is 0 Å². The first-order valence-corrected chi connectivity index (χ1v) is 8.24. The van der Waals surface area contributed by atoms with Gasteiger partial charge in [-0.1, -0.05) is 24.3 Å². The van der Waals surface area contributed by atoms with Gasteiger partial charge in [0.15, 0.2) is 0 Å². The Morgan fingerprint density at radius 3 is 2.73 bits per heavy atom. The van der Waals surface area contributed by atoms with Crippen LogP contribution in [-0.2, 0) is 13.1 Å². The van der Waals surface area contributed by atoms with Crippen molar-refractivity contribution in [1.82, 2.24) is 15.3 Å². The Kier molecular flexibility index (Phi) is 5.77. The van der Waals surface area contributed by atoms with Gasteiger partial charge in [-0.25, -0.2) is 0 Å². The van der Waals surface area contributed by atoms with Crippen molar-refractivity contribution in [2.75, 3.05) is 12.4 Å². The highest BCUT2D eigenvalue weighted by atomic mass is 16.5. The number of methoxy groups -OCH3 is 1. The van der Waals surface area contributed by atoms with Crippen LogP contribution in [0.3, 0.4) is 0 Å². The predicted octanol–water partition coefficient (Wildman–Crippen LogP) is 3.03. The number of nitrogens with one attached hydrogen (secondary N) is 2. The summed E-state index contributed by atoms with van der Waals surface area (Å²) < 4.78 is 5.30. The summed E-state index contributed by atoms with van der Waals surface area (Å²) in [5.41, 5.74) is 3.25. The fraction of sp³-hybridized carbons (Fsp3) is 0.150. The first-order valence-electron chi connectivity index (χ1n) is 8.24. The van der Waals surface area contributed by atoms with E-state index >= 15 is 0 Å². The molecule has 0 saturated carbocycles. The van der Waals surface area contributed by atoms with Crippen molar-refractivity contribution >= 4 is 11.6 Å². The molecule has 6 heteroatoms. The van der Waals surface area contributed by atoms with E-state index in [-0.39, 0.29) is 5.91 Å². The molecule has 6 nitrogen and oxygen atoms in total. The van der Waals surface area contributed by atoms with Gasteiger partial charge in [0.1, 0.15) is 5.75 Å². The third-order valence-electron chi connectivity index (χ3n) is 3.85. The summed E-state index contributed by atoms with van der Waals surface area (Å²) >= 11 is 0. The van der Waals surface area contributed by atoms with Crippen LogP contribution in [0.5, 0.6) is 5.75 Å². The number of nitrogens with zero attached hydrogens (tertiary/aromatic N) is 2. The number of para-hydroxylation sites is 1. The van der Waals surface area contributed by atoms with E-state index in [1.807, 2.05) is 36.4 Å². The molecule has 26 heavy (non-hydrogen) atoms. The second-order valence-electron chi connectivity index (χ2n) is 5.67. The number of carbonyl (C=O) groups excluding carboxylic acids is 1. The largest absolute Gasteiger partial charge is 0.496 e. The maximum Gasteiger partial charge on any atom is 0.253 e. The van der Waals surface area contributed by atoms with Crippen molar-refractivity contribution in [2.24, 2.45) is 0 Å². The Morgan fingerprint density at radius 2 is 1.92 bits per heavy atom. The molecule has 0 bridgehead atoms. The Hall–Kier alpha value is -3.41. The highest BCUT2D eigenvalue weighted by molar-refractivity contribution is 5.94. The lowest BCUT2D eigenvalue weighted by molar-refractivity contribution is 0.0950. The van der Waals surface area contributed by atoms with Crippen LogP contribution >= 0.6 is 0 Å². The number of rotatable bonds is 7. The third kappa shape index (κ3) is 4.57. The maximum absolute atomic E-state index is 12.4. The number of hydrogen-bond donors (Lipinski definition) is 2. The van der Waals surface area contributed by atoms with Crippen LogP contribution in [0.4, 0.5) is 5.69 Å². The van der Waals surface area contributed by atoms with Gasteiger partial charge < -0.3 is 15.4 Å². The molecule has 0 unspecified atom stereocenters. The van der Waals surface area contributed by atoms with Crippen LogP contribution in [0.25, 0.3) is 0 Å². The molecule has 0 radical (unpaired) electrons. The van der Waals surface area contributed by atoms with E-state index < -0.39 is 0 Å². The van der Waals surface area contributed by atoms with Crippen LogP contribution < -0.4 is 15.4 Å². The summed E-state index contributed by atoms with van der Waals surface area (Å²) in [4.78, 5) is 20.6. The van der Waals surface area contributed by atoms with Gasteiger partial charge in [-0.3, -0.25) is 14.8 Å². The number of ether oxygens (including phenoxy) is 1. The third-order valence-corrected chi connectivity index (χ3v) is 3.85. The van der Waals surface area contributed by atoms with Crippen LogP contribution in [0.15, 0.2) is 67.3 Å². The minimum absolute atomic E-state index is 0.187. The van der Waals surface area contributed by atoms with Crippen LogP contribution in [0, 0.1) is 0 Å². The molecule has 0 saturated heterocycles. The van der Waals surface area contributed by atoms with Gasteiger partial charge in [0, 0.05) is 43.4 Å². The average Bonchev–Trinajstić information content (AvgIpc) is 2.71. The molecule has 3 rings (SSSR count). The number of hydrogen-bond acceptors (Lipinski definition) is 5. The molecule has 1 aromatic carbocycles. The number of benzene rings is 1. The van der Waals surface area contributed by atoms with Crippen LogP contribution in [-0.4, -0.2) is 23.0 Å². The summed E-state index contributed by atoms with van der Waals surface area (Å²) in [6.07, 6.45) is 6.77. The normalized spacial score (nSPS) is 10.2. The standard InChI is InChI=1S/C20H20N4O2/c1-26-19-7-3-2-6-16(19)13-24-20(25)17-9-18(14-22-12-17)23-11-15-5-4-8-21-10-15/h2-10,12,14,23H,11,13H2,1H3,(H,24,25). The average molecular weight is 348 g/mol. The number of aromatic nitrogens is 2. The lowest BCUT2D eigenvalue weighted by Crippen LogP contribution is -2.23. The van der Waals surface area contributed by atoms with Crippen molar-refractivity contribution < 1.29 is 9.53 Å². The Bertz CT molecular complexity index is 868. The van der Waals surface area contributed by atoms with Crippen molar-refractivity contribution in [3.8, 4) is 5.75 Å². The van der Waals surface area contributed by atoms with E-state index in [2.05, 4.69) is 20.6 Å². The van der Waals surface area contributed by atoms with Gasteiger partial charge in [-0.2, -0.15) is 0 Å². The molecule has 0 aliphatic rings. The first kappa shape index (κ1) is 17.4. The number of pyridine rings is 2. The van der Waals surface area contributed by atoms with E-state index in [1.165, 1.54) is 0 Å². The smallest absolute Gasteiger partial charge is 0.253 e. The molecule has 2 aromatic heterocycles. The molecule has 0 fully saturated rings.